The summed E-state index contributed by atoms with van der Waals surface area (Å²) in [6.07, 6.45) is 2.59. The molecule has 23 heavy (non-hydrogen) atoms. The number of aryl methyl sites for hydroxylation is 1. The van der Waals surface area contributed by atoms with E-state index >= 15 is 0 Å². The molecule has 0 saturated carbocycles. The highest BCUT2D eigenvalue weighted by molar-refractivity contribution is 6.31. The van der Waals surface area contributed by atoms with E-state index in [4.69, 9.17) is 26.8 Å². The molecule has 1 aromatic carbocycles. The Morgan fingerprint density at radius 2 is 2.17 bits per heavy atom. The number of halogens is 1. The third kappa shape index (κ3) is 3.87. The van der Waals surface area contributed by atoms with E-state index < -0.39 is 0 Å². The highest BCUT2D eigenvalue weighted by Gasteiger charge is 2.11. The van der Waals surface area contributed by atoms with E-state index in [2.05, 4.69) is 15.4 Å². The number of benzene rings is 1. The van der Waals surface area contributed by atoms with Crippen LogP contribution in [-0.2, 0) is 13.6 Å². The van der Waals surface area contributed by atoms with Crippen molar-refractivity contribution in [3.8, 4) is 11.5 Å². The lowest BCUT2D eigenvalue weighted by Crippen LogP contribution is -2.22. The minimum absolute atomic E-state index is 0.279. The second-order valence-electron chi connectivity index (χ2n) is 5.14. The van der Waals surface area contributed by atoms with E-state index in [-0.39, 0.29) is 5.96 Å². The fourth-order valence-corrected chi connectivity index (χ4v) is 2.44. The summed E-state index contributed by atoms with van der Waals surface area (Å²) < 4.78 is 12.9. The molecule has 2 heterocycles. The van der Waals surface area contributed by atoms with Crippen LogP contribution < -0.4 is 20.5 Å². The fraction of sp³-hybridized carbons (Fsp3) is 0.333. The first-order valence-electron chi connectivity index (χ1n) is 7.26. The van der Waals surface area contributed by atoms with Gasteiger partial charge in [0.2, 0.25) is 0 Å². The van der Waals surface area contributed by atoms with Gasteiger partial charge in [-0.15, -0.1) is 0 Å². The van der Waals surface area contributed by atoms with Crippen molar-refractivity contribution in [1.82, 2.24) is 9.78 Å². The molecule has 0 unspecified atom stereocenters. The summed E-state index contributed by atoms with van der Waals surface area (Å²) in [5.41, 5.74) is 7.37. The van der Waals surface area contributed by atoms with Crippen molar-refractivity contribution in [1.29, 1.82) is 0 Å². The Morgan fingerprint density at radius 3 is 2.91 bits per heavy atom. The number of fused-ring (bicyclic) bond motifs is 1. The van der Waals surface area contributed by atoms with Gasteiger partial charge in [0.1, 0.15) is 5.69 Å². The lowest BCUT2D eigenvalue weighted by Gasteiger charge is -2.10. The van der Waals surface area contributed by atoms with Crippen LogP contribution in [0.25, 0.3) is 0 Å². The number of hydrogen-bond acceptors (Lipinski definition) is 4. The molecule has 0 spiro atoms. The molecule has 0 atom stereocenters. The second kappa shape index (κ2) is 6.78. The Bertz CT molecular complexity index is 729. The number of ether oxygens (including phenoxy) is 2. The lowest BCUT2D eigenvalue weighted by molar-refractivity contribution is 0.297. The topological polar surface area (TPSA) is 86.7 Å². The van der Waals surface area contributed by atoms with Crippen LogP contribution in [0.1, 0.15) is 12.1 Å². The van der Waals surface area contributed by atoms with Crippen molar-refractivity contribution < 1.29 is 9.47 Å². The minimum Gasteiger partial charge on any atom is -0.490 e. The van der Waals surface area contributed by atoms with Gasteiger partial charge in [0.25, 0.3) is 0 Å². The van der Waals surface area contributed by atoms with Gasteiger partial charge in [-0.2, -0.15) is 5.10 Å². The predicted molar refractivity (Wildman–Crippen MR) is 89.2 cm³/mol. The molecule has 0 radical (unpaired) electrons. The molecule has 8 heteroatoms. The Kier molecular flexibility index (Phi) is 4.57. The largest absolute Gasteiger partial charge is 0.490 e. The van der Waals surface area contributed by atoms with Crippen molar-refractivity contribution >= 4 is 23.2 Å². The van der Waals surface area contributed by atoms with Crippen LogP contribution in [0.15, 0.2) is 29.4 Å². The quantitative estimate of drug-likeness (QED) is 0.663. The summed E-state index contributed by atoms with van der Waals surface area (Å²) in [5, 5.41) is 7.81. The van der Waals surface area contributed by atoms with Crippen molar-refractivity contribution in [2.45, 2.75) is 13.0 Å². The number of nitrogens with one attached hydrogen (secondary N) is 1. The Balaban J connectivity index is 1.67. The fourth-order valence-electron chi connectivity index (χ4n) is 2.20. The van der Waals surface area contributed by atoms with Crippen LogP contribution in [0.5, 0.6) is 11.5 Å². The van der Waals surface area contributed by atoms with Gasteiger partial charge in [-0.25, -0.2) is 4.99 Å². The molecule has 0 bridgehead atoms. The van der Waals surface area contributed by atoms with Gasteiger partial charge >= 0.3 is 0 Å². The first kappa shape index (κ1) is 15.5. The average molecular weight is 336 g/mol. The molecule has 122 valence electrons. The summed E-state index contributed by atoms with van der Waals surface area (Å²) >= 11 is 6.04. The number of hydrogen-bond donors (Lipinski definition) is 2. The SMILES string of the molecule is Cn1cc(Cl)c(CN=C(N)Nc2ccc3c(c2)OCCCO3)n1. The van der Waals surface area contributed by atoms with Crippen LogP contribution >= 0.6 is 11.6 Å². The first-order valence-corrected chi connectivity index (χ1v) is 7.64. The van der Waals surface area contributed by atoms with Crippen LogP contribution in [-0.4, -0.2) is 29.0 Å². The molecule has 0 aliphatic carbocycles. The second-order valence-corrected chi connectivity index (χ2v) is 5.54. The molecule has 1 aliphatic rings. The van der Waals surface area contributed by atoms with E-state index in [9.17, 15) is 0 Å². The first-order chi connectivity index (χ1) is 11.1. The number of nitrogens with two attached hydrogens (primary N) is 1. The molecule has 1 aromatic heterocycles. The van der Waals surface area contributed by atoms with Crippen LogP contribution in [0, 0.1) is 0 Å². The molecule has 3 rings (SSSR count). The summed E-state index contributed by atoms with van der Waals surface area (Å²) in [4.78, 5) is 4.25. The zero-order valence-electron chi connectivity index (χ0n) is 12.8. The van der Waals surface area contributed by atoms with E-state index in [0.29, 0.717) is 36.2 Å². The van der Waals surface area contributed by atoms with Gasteiger partial charge in [-0.05, 0) is 12.1 Å². The summed E-state index contributed by atoms with van der Waals surface area (Å²) in [5.74, 6) is 1.72. The highest BCUT2D eigenvalue weighted by atomic mass is 35.5. The Morgan fingerprint density at radius 1 is 1.39 bits per heavy atom. The summed E-state index contributed by atoms with van der Waals surface area (Å²) in [6, 6.07) is 5.56. The number of guanidine groups is 1. The highest BCUT2D eigenvalue weighted by Crippen LogP contribution is 2.32. The third-order valence-corrected chi connectivity index (χ3v) is 3.59. The summed E-state index contributed by atoms with van der Waals surface area (Å²) in [7, 11) is 1.80. The molecule has 0 saturated heterocycles. The van der Waals surface area contributed by atoms with Gasteiger partial charge in [0, 0.05) is 31.4 Å². The average Bonchev–Trinajstić information content (AvgIpc) is 2.72. The molecule has 2 aromatic rings. The van der Waals surface area contributed by atoms with Gasteiger partial charge in [0.05, 0.1) is 24.8 Å². The van der Waals surface area contributed by atoms with E-state index in [1.165, 1.54) is 0 Å². The smallest absolute Gasteiger partial charge is 0.193 e. The molecular weight excluding hydrogens is 318 g/mol. The van der Waals surface area contributed by atoms with Crippen molar-refractivity contribution in [2.75, 3.05) is 18.5 Å². The molecular formula is C15H18ClN5O2. The van der Waals surface area contributed by atoms with Crippen molar-refractivity contribution in [2.24, 2.45) is 17.8 Å². The van der Waals surface area contributed by atoms with Crippen molar-refractivity contribution in [3.05, 3.63) is 35.1 Å². The maximum atomic E-state index is 6.04. The normalized spacial score (nSPS) is 14.4. The van der Waals surface area contributed by atoms with Crippen LogP contribution in [0.4, 0.5) is 5.69 Å². The van der Waals surface area contributed by atoms with Gasteiger partial charge < -0.3 is 20.5 Å². The number of rotatable bonds is 3. The molecule has 1 aliphatic heterocycles. The zero-order chi connectivity index (χ0) is 16.2. The standard InChI is InChI=1S/C15H18ClN5O2/c1-21-9-11(16)12(20-21)8-18-15(17)19-10-3-4-13-14(7-10)23-6-2-5-22-13/h3-4,7,9H,2,5-6,8H2,1H3,(H3,17,18,19). The number of aromatic nitrogens is 2. The van der Waals surface area contributed by atoms with E-state index in [1.54, 1.807) is 17.9 Å². The Hall–Kier alpha value is -2.41. The van der Waals surface area contributed by atoms with Crippen molar-refractivity contribution in [3.63, 3.8) is 0 Å². The molecule has 3 N–H and O–H groups in total. The molecule has 0 fully saturated rings. The molecule has 0 amide bonds. The molecule has 7 nitrogen and oxygen atoms in total. The zero-order valence-corrected chi connectivity index (χ0v) is 13.5. The Labute approximate surface area is 139 Å². The number of aliphatic imine (C=N–C) groups is 1. The summed E-state index contributed by atoms with van der Waals surface area (Å²) in [6.45, 7) is 1.61. The monoisotopic (exact) mass is 335 g/mol. The minimum atomic E-state index is 0.279. The maximum Gasteiger partial charge on any atom is 0.193 e. The number of nitrogens with zero attached hydrogens (tertiary/aromatic N) is 3. The maximum absolute atomic E-state index is 6.04. The van der Waals surface area contributed by atoms with Gasteiger partial charge in [0.15, 0.2) is 17.5 Å². The lowest BCUT2D eigenvalue weighted by atomic mass is 10.3. The van der Waals surface area contributed by atoms with E-state index in [1.807, 2.05) is 18.2 Å². The van der Waals surface area contributed by atoms with Gasteiger partial charge in [-0.3, -0.25) is 4.68 Å². The van der Waals surface area contributed by atoms with E-state index in [0.717, 1.165) is 17.9 Å². The number of anilines is 1. The van der Waals surface area contributed by atoms with Crippen LogP contribution in [0.3, 0.4) is 0 Å². The van der Waals surface area contributed by atoms with Crippen LogP contribution in [0.2, 0.25) is 5.02 Å². The third-order valence-electron chi connectivity index (χ3n) is 3.27. The predicted octanol–water partition coefficient (Wildman–Crippen LogP) is 2.16. The van der Waals surface area contributed by atoms with Gasteiger partial charge in [-0.1, -0.05) is 11.6 Å².